The van der Waals surface area contributed by atoms with Crippen molar-refractivity contribution < 1.29 is 9.18 Å². The molecule has 3 nitrogen and oxygen atoms in total. The molecule has 2 rings (SSSR count). The number of carbonyl (C=O) groups excluding carboxylic acids is 1. The van der Waals surface area contributed by atoms with Gasteiger partial charge < -0.3 is 5.32 Å². The summed E-state index contributed by atoms with van der Waals surface area (Å²) in [7, 11) is 0. The van der Waals surface area contributed by atoms with E-state index in [-0.39, 0.29) is 10.6 Å². The van der Waals surface area contributed by atoms with Crippen LogP contribution in [0, 0.1) is 17.1 Å². The van der Waals surface area contributed by atoms with E-state index in [4.69, 9.17) is 28.5 Å². The van der Waals surface area contributed by atoms with Gasteiger partial charge in [-0.3, -0.25) is 4.79 Å². The Morgan fingerprint density at radius 2 is 1.81 bits per heavy atom. The van der Waals surface area contributed by atoms with Crippen LogP contribution in [-0.2, 0) is 0 Å². The summed E-state index contributed by atoms with van der Waals surface area (Å²) in [4.78, 5) is 12.1. The molecule has 1 amide bonds. The zero-order valence-corrected chi connectivity index (χ0v) is 12.1. The van der Waals surface area contributed by atoms with Crippen LogP contribution in [0.5, 0.6) is 0 Å². The molecule has 0 aromatic heterocycles. The Balaban J connectivity index is 2.18. The molecule has 0 spiro atoms. The van der Waals surface area contributed by atoms with Crippen molar-refractivity contribution in [2.75, 3.05) is 0 Å². The molecule has 0 aliphatic carbocycles. The number of halogens is 3. The van der Waals surface area contributed by atoms with Gasteiger partial charge in [0, 0.05) is 5.56 Å². The molecule has 0 unspecified atom stereocenters. The quantitative estimate of drug-likeness (QED) is 0.923. The summed E-state index contributed by atoms with van der Waals surface area (Å²) in [6, 6.07) is 10.8. The van der Waals surface area contributed by atoms with Gasteiger partial charge >= 0.3 is 0 Å². The molecule has 0 bridgehead atoms. The summed E-state index contributed by atoms with van der Waals surface area (Å²) in [5, 5.41) is 12.3. The zero-order valence-electron chi connectivity index (χ0n) is 10.6. The van der Waals surface area contributed by atoms with E-state index in [0.29, 0.717) is 10.6 Å². The maximum Gasteiger partial charge on any atom is 0.252 e. The average molecular weight is 323 g/mol. The smallest absolute Gasteiger partial charge is 0.252 e. The Kier molecular flexibility index (Phi) is 4.79. The number of nitrogens with zero attached hydrogens (tertiary/aromatic N) is 1. The lowest BCUT2D eigenvalue weighted by molar-refractivity contribution is 0.0945. The predicted octanol–water partition coefficient (Wildman–Crippen LogP) is 4.13. The fourth-order valence-electron chi connectivity index (χ4n) is 1.70. The topological polar surface area (TPSA) is 52.9 Å². The summed E-state index contributed by atoms with van der Waals surface area (Å²) in [5.41, 5.74) is 0.777. The molecule has 6 heteroatoms. The first-order valence-electron chi connectivity index (χ1n) is 5.92. The van der Waals surface area contributed by atoms with E-state index in [1.165, 1.54) is 42.5 Å². The van der Waals surface area contributed by atoms with E-state index >= 15 is 0 Å². The summed E-state index contributed by atoms with van der Waals surface area (Å²) in [5.74, 6) is -0.879. The second kappa shape index (κ2) is 6.57. The van der Waals surface area contributed by atoms with E-state index in [1.807, 2.05) is 6.07 Å². The molecule has 0 radical (unpaired) electrons. The number of rotatable bonds is 3. The monoisotopic (exact) mass is 322 g/mol. The van der Waals surface area contributed by atoms with Gasteiger partial charge in [0.1, 0.15) is 11.9 Å². The lowest BCUT2D eigenvalue weighted by Gasteiger charge is -2.12. The maximum absolute atomic E-state index is 12.9. The standard InChI is InChI=1S/C15H9Cl2FN2O/c16-12-6-3-10(7-13(12)17)15(21)20-14(8-19)9-1-4-11(18)5-2-9/h1-7,14H,(H,20,21)/t14-/m0/s1. The van der Waals surface area contributed by atoms with E-state index in [2.05, 4.69) is 5.32 Å². The SMILES string of the molecule is N#C[C@H](NC(=O)c1ccc(Cl)c(Cl)c1)c1ccc(F)cc1. The summed E-state index contributed by atoms with van der Waals surface area (Å²) in [6.07, 6.45) is 0. The van der Waals surface area contributed by atoms with E-state index in [0.717, 1.165) is 0 Å². The van der Waals surface area contributed by atoms with Crippen LogP contribution in [0.3, 0.4) is 0 Å². The minimum atomic E-state index is -0.882. The highest BCUT2D eigenvalue weighted by Gasteiger charge is 2.16. The lowest BCUT2D eigenvalue weighted by Crippen LogP contribution is -2.27. The first-order valence-corrected chi connectivity index (χ1v) is 6.68. The van der Waals surface area contributed by atoms with Gasteiger partial charge in [0.25, 0.3) is 5.91 Å². The normalized spacial score (nSPS) is 11.5. The van der Waals surface area contributed by atoms with E-state index in [1.54, 1.807) is 0 Å². The van der Waals surface area contributed by atoms with Gasteiger partial charge in [-0.25, -0.2) is 4.39 Å². The van der Waals surface area contributed by atoms with Crippen molar-refractivity contribution >= 4 is 29.1 Å². The third-order valence-corrected chi connectivity index (χ3v) is 3.53. The number of nitrogens with one attached hydrogen (secondary N) is 1. The molecule has 0 saturated carbocycles. The van der Waals surface area contributed by atoms with Gasteiger partial charge in [0.05, 0.1) is 16.1 Å². The number of benzene rings is 2. The third kappa shape index (κ3) is 3.72. The van der Waals surface area contributed by atoms with Crippen LogP contribution in [0.4, 0.5) is 4.39 Å². The van der Waals surface area contributed by atoms with Crippen molar-refractivity contribution in [2.45, 2.75) is 6.04 Å². The number of carbonyl (C=O) groups is 1. The molecule has 2 aromatic rings. The van der Waals surface area contributed by atoms with E-state index < -0.39 is 17.8 Å². The Bertz CT molecular complexity index is 711. The molecule has 106 valence electrons. The van der Waals surface area contributed by atoms with Crippen LogP contribution in [0.25, 0.3) is 0 Å². The minimum Gasteiger partial charge on any atom is -0.332 e. The predicted molar refractivity (Wildman–Crippen MR) is 78.7 cm³/mol. The highest BCUT2D eigenvalue weighted by molar-refractivity contribution is 6.42. The van der Waals surface area contributed by atoms with Crippen molar-refractivity contribution in [1.82, 2.24) is 5.32 Å². The minimum absolute atomic E-state index is 0.250. The van der Waals surface area contributed by atoms with Gasteiger partial charge in [0.15, 0.2) is 0 Å². The number of hydrogen-bond donors (Lipinski definition) is 1. The molecule has 1 N–H and O–H groups in total. The van der Waals surface area contributed by atoms with E-state index in [9.17, 15) is 9.18 Å². The highest BCUT2D eigenvalue weighted by atomic mass is 35.5. The summed E-state index contributed by atoms with van der Waals surface area (Å²) in [6.45, 7) is 0. The summed E-state index contributed by atoms with van der Waals surface area (Å²) >= 11 is 11.6. The van der Waals surface area contributed by atoms with Crippen LogP contribution in [0.15, 0.2) is 42.5 Å². The molecular formula is C15H9Cl2FN2O. The summed E-state index contributed by atoms with van der Waals surface area (Å²) < 4.78 is 12.9. The molecule has 1 atom stereocenters. The van der Waals surface area contributed by atoms with Crippen molar-refractivity contribution in [3.8, 4) is 6.07 Å². The Morgan fingerprint density at radius 3 is 2.38 bits per heavy atom. The molecule has 0 aliphatic rings. The third-order valence-electron chi connectivity index (χ3n) is 2.79. The number of nitriles is 1. The molecular weight excluding hydrogens is 314 g/mol. The number of hydrogen-bond acceptors (Lipinski definition) is 2. The molecule has 21 heavy (non-hydrogen) atoms. The molecule has 0 fully saturated rings. The molecule has 0 saturated heterocycles. The lowest BCUT2D eigenvalue weighted by atomic mass is 10.1. The average Bonchev–Trinajstić information content (AvgIpc) is 2.48. The van der Waals surface area contributed by atoms with Gasteiger partial charge in [-0.05, 0) is 35.9 Å². The van der Waals surface area contributed by atoms with Crippen molar-refractivity contribution in [2.24, 2.45) is 0 Å². The van der Waals surface area contributed by atoms with Crippen LogP contribution in [0.2, 0.25) is 10.0 Å². The molecule has 0 heterocycles. The first kappa shape index (κ1) is 15.3. The molecule has 2 aromatic carbocycles. The zero-order chi connectivity index (χ0) is 15.4. The van der Waals surface area contributed by atoms with Crippen LogP contribution < -0.4 is 5.32 Å². The maximum atomic E-state index is 12.9. The van der Waals surface area contributed by atoms with Crippen LogP contribution >= 0.6 is 23.2 Å². The number of amides is 1. The second-order valence-electron chi connectivity index (χ2n) is 4.22. The van der Waals surface area contributed by atoms with Crippen LogP contribution in [-0.4, -0.2) is 5.91 Å². The fraction of sp³-hybridized carbons (Fsp3) is 0.0667. The van der Waals surface area contributed by atoms with Crippen molar-refractivity contribution in [3.05, 3.63) is 69.5 Å². The van der Waals surface area contributed by atoms with Crippen LogP contribution in [0.1, 0.15) is 22.0 Å². The Labute approximate surface area is 130 Å². The van der Waals surface area contributed by atoms with Gasteiger partial charge in [-0.1, -0.05) is 35.3 Å². The van der Waals surface area contributed by atoms with Crippen molar-refractivity contribution in [3.63, 3.8) is 0 Å². The van der Waals surface area contributed by atoms with Crippen molar-refractivity contribution in [1.29, 1.82) is 5.26 Å². The van der Waals surface area contributed by atoms with Gasteiger partial charge in [-0.2, -0.15) is 5.26 Å². The largest absolute Gasteiger partial charge is 0.332 e. The highest BCUT2D eigenvalue weighted by Crippen LogP contribution is 2.23. The fourth-order valence-corrected chi connectivity index (χ4v) is 2.00. The van der Waals surface area contributed by atoms with Gasteiger partial charge in [0.2, 0.25) is 0 Å². The first-order chi connectivity index (χ1) is 10.0. The van der Waals surface area contributed by atoms with Gasteiger partial charge in [-0.15, -0.1) is 0 Å². The Morgan fingerprint density at radius 1 is 1.14 bits per heavy atom. The second-order valence-corrected chi connectivity index (χ2v) is 5.03. The Hall–Kier alpha value is -2.09. The molecule has 0 aliphatic heterocycles.